The van der Waals surface area contributed by atoms with Crippen LogP contribution in [0.3, 0.4) is 0 Å². The van der Waals surface area contributed by atoms with E-state index >= 15 is 0 Å². The minimum atomic E-state index is -0.540. The normalized spacial score (nSPS) is 30.3. The van der Waals surface area contributed by atoms with Crippen molar-refractivity contribution in [1.82, 2.24) is 0 Å². The van der Waals surface area contributed by atoms with Gasteiger partial charge in [-0.15, -0.1) is 0 Å². The molecular formula is C55H64OP2. The lowest BCUT2D eigenvalue weighted by molar-refractivity contribution is -0.188. The predicted octanol–water partition coefficient (Wildman–Crippen LogP) is 12.5. The number of rotatable bonds is 13. The molecule has 0 amide bonds. The van der Waals surface area contributed by atoms with Crippen molar-refractivity contribution < 1.29 is 4.74 Å². The molecule has 0 heterocycles. The molecule has 0 saturated heterocycles. The summed E-state index contributed by atoms with van der Waals surface area (Å²) in [5.41, 5.74) is 3.79. The molecular weight excluding hydrogens is 739 g/mol. The first-order valence-corrected chi connectivity index (χ1v) is 25.4. The highest BCUT2D eigenvalue weighted by molar-refractivity contribution is 7.73. The second-order valence-corrected chi connectivity index (χ2v) is 23.7. The van der Waals surface area contributed by atoms with Gasteiger partial charge < -0.3 is 4.74 Å². The number of benzene rings is 5. The maximum Gasteiger partial charge on any atom is 0.0717 e. The van der Waals surface area contributed by atoms with Crippen LogP contribution in [0, 0.1) is 51.8 Å². The SMILES string of the molecule is CC(C)C1=C[C@]23CCC4[C@](C)(COCc5ccccc5)CCC[C@]4(C)C2C[C@H]1[C@@H](CP(c1ccccc1)c1ccccc1)[C@H]3CP(c1ccccc1)c1ccccc1. The summed E-state index contributed by atoms with van der Waals surface area (Å²) in [6, 6.07) is 57.4. The van der Waals surface area contributed by atoms with Crippen LogP contribution in [0.4, 0.5) is 0 Å². The van der Waals surface area contributed by atoms with Crippen molar-refractivity contribution in [1.29, 1.82) is 0 Å². The molecule has 5 aliphatic carbocycles. The smallest absolute Gasteiger partial charge is 0.0717 e. The van der Waals surface area contributed by atoms with Crippen LogP contribution in [-0.2, 0) is 11.3 Å². The maximum atomic E-state index is 6.71. The summed E-state index contributed by atoms with van der Waals surface area (Å²) in [6.07, 6.45) is 13.5. The van der Waals surface area contributed by atoms with Crippen molar-refractivity contribution in [3.05, 3.63) is 169 Å². The molecule has 1 nitrogen and oxygen atoms in total. The van der Waals surface area contributed by atoms with Gasteiger partial charge in [-0.3, -0.25) is 0 Å². The molecule has 10 rings (SSSR count). The summed E-state index contributed by atoms with van der Waals surface area (Å²) >= 11 is 0. The van der Waals surface area contributed by atoms with Gasteiger partial charge >= 0.3 is 0 Å². The lowest BCUT2D eigenvalue weighted by Crippen LogP contribution is -2.65. The van der Waals surface area contributed by atoms with Gasteiger partial charge in [-0.25, -0.2) is 0 Å². The van der Waals surface area contributed by atoms with Crippen LogP contribution >= 0.6 is 15.8 Å². The highest BCUT2D eigenvalue weighted by atomic mass is 31.1. The Bertz CT molecular complexity index is 2040. The van der Waals surface area contributed by atoms with Crippen LogP contribution < -0.4 is 21.2 Å². The first-order valence-electron chi connectivity index (χ1n) is 22.4. The third-order valence-corrected chi connectivity index (χ3v) is 21.0. The van der Waals surface area contributed by atoms with Gasteiger partial charge in [0, 0.05) is 0 Å². The Hall–Kier alpha value is -3.34. The zero-order valence-electron chi connectivity index (χ0n) is 35.3. The summed E-state index contributed by atoms with van der Waals surface area (Å²) in [5.74, 6) is 3.85. The second kappa shape index (κ2) is 17.0. The molecule has 3 heteroatoms. The maximum absolute atomic E-state index is 6.71. The zero-order chi connectivity index (χ0) is 39.7. The summed E-state index contributed by atoms with van der Waals surface area (Å²) < 4.78 is 6.71. The molecule has 0 N–H and O–H groups in total. The van der Waals surface area contributed by atoms with Crippen molar-refractivity contribution in [2.45, 2.75) is 72.8 Å². The van der Waals surface area contributed by atoms with E-state index in [4.69, 9.17) is 4.74 Å². The molecule has 8 atom stereocenters. The molecule has 2 bridgehead atoms. The molecule has 58 heavy (non-hydrogen) atoms. The van der Waals surface area contributed by atoms with Gasteiger partial charge in [-0.1, -0.05) is 197 Å². The lowest BCUT2D eigenvalue weighted by Gasteiger charge is -2.71. The summed E-state index contributed by atoms with van der Waals surface area (Å²) in [7, 11) is -1.06. The van der Waals surface area contributed by atoms with Gasteiger partial charge in [0.15, 0.2) is 0 Å². The Balaban J connectivity index is 1.15. The Kier molecular flexibility index (Phi) is 11.7. The first-order chi connectivity index (χ1) is 28.3. The van der Waals surface area contributed by atoms with Gasteiger partial charge in [0.2, 0.25) is 0 Å². The molecule has 300 valence electrons. The Morgan fingerprint density at radius 3 is 1.62 bits per heavy atom. The van der Waals surface area contributed by atoms with Crippen molar-refractivity contribution in [2.24, 2.45) is 51.8 Å². The van der Waals surface area contributed by atoms with E-state index in [2.05, 4.69) is 185 Å². The van der Waals surface area contributed by atoms with Crippen LogP contribution in [0.25, 0.3) is 0 Å². The fourth-order valence-electron chi connectivity index (χ4n) is 13.3. The fraction of sp³-hybridized carbons (Fsp3) is 0.418. The van der Waals surface area contributed by atoms with Crippen LogP contribution in [-0.4, -0.2) is 18.9 Å². The predicted molar refractivity (Wildman–Crippen MR) is 251 cm³/mol. The van der Waals surface area contributed by atoms with Crippen molar-refractivity contribution >= 4 is 37.1 Å². The van der Waals surface area contributed by atoms with Crippen molar-refractivity contribution in [3.63, 3.8) is 0 Å². The van der Waals surface area contributed by atoms with E-state index in [0.29, 0.717) is 47.5 Å². The molecule has 5 aliphatic rings. The third-order valence-electron chi connectivity index (χ3n) is 15.7. The molecule has 0 aliphatic heterocycles. The van der Waals surface area contributed by atoms with Gasteiger partial charge in [0.25, 0.3) is 0 Å². The molecule has 0 aromatic heterocycles. The van der Waals surface area contributed by atoms with Crippen LogP contribution in [0.1, 0.15) is 71.8 Å². The standard InChI is InChI=1S/C55H64OP2/c1-41(2)48-36-55-34-31-51-53(3,40-56-37-42-21-10-5-11-22-42)32-20-33-54(51,4)52(55)35-47(48)49(38-57(43-23-12-6-13-24-43)44-25-14-7-15-26-44)50(55)39-58(45-27-16-8-17-28-45)46-29-18-9-19-30-46/h5-19,21-30,36,41,47,49-52H,20,31-35,37-40H2,1-4H3/t47-,49-,50-,51?,52?,53+,54+,55+/m1/s1. The molecule has 0 radical (unpaired) electrons. The van der Waals surface area contributed by atoms with Crippen LogP contribution in [0.2, 0.25) is 0 Å². The molecule has 5 aromatic rings. The van der Waals surface area contributed by atoms with E-state index in [9.17, 15) is 0 Å². The largest absolute Gasteiger partial charge is 0.376 e. The summed E-state index contributed by atoms with van der Waals surface area (Å²) in [5, 5.41) is 6.16. The Morgan fingerprint density at radius 1 is 0.603 bits per heavy atom. The number of hydrogen-bond acceptors (Lipinski definition) is 1. The number of hydrogen-bond donors (Lipinski definition) is 0. The second-order valence-electron chi connectivity index (χ2n) is 19.2. The topological polar surface area (TPSA) is 9.23 Å². The van der Waals surface area contributed by atoms with Crippen LogP contribution in [0.15, 0.2) is 163 Å². The van der Waals surface area contributed by atoms with E-state index in [1.807, 2.05) is 0 Å². The van der Waals surface area contributed by atoms with E-state index in [-0.39, 0.29) is 10.8 Å². The Morgan fingerprint density at radius 2 is 1.10 bits per heavy atom. The third kappa shape index (κ3) is 7.53. The highest BCUT2D eigenvalue weighted by Gasteiger charge is 2.67. The minimum Gasteiger partial charge on any atom is -0.376 e. The average Bonchev–Trinajstić information content (AvgIpc) is 3.26. The number of allylic oxidation sites excluding steroid dienone is 2. The van der Waals surface area contributed by atoms with E-state index in [0.717, 1.165) is 6.61 Å². The molecule has 3 saturated carbocycles. The van der Waals surface area contributed by atoms with Crippen LogP contribution in [0.5, 0.6) is 0 Å². The van der Waals surface area contributed by atoms with Gasteiger partial charge in [0.1, 0.15) is 0 Å². The van der Waals surface area contributed by atoms with Gasteiger partial charge in [-0.05, 0) is 139 Å². The quantitative estimate of drug-likeness (QED) is 0.0851. The molecule has 5 aromatic carbocycles. The summed E-state index contributed by atoms with van der Waals surface area (Å²) in [4.78, 5) is 0. The van der Waals surface area contributed by atoms with Gasteiger partial charge in [0.05, 0.1) is 13.2 Å². The van der Waals surface area contributed by atoms with Crippen molar-refractivity contribution in [3.8, 4) is 0 Å². The zero-order valence-corrected chi connectivity index (χ0v) is 37.1. The minimum absolute atomic E-state index is 0.200. The number of fused-ring (bicyclic) bond motifs is 2. The lowest BCUT2D eigenvalue weighted by atomic mass is 9.35. The Labute approximate surface area is 352 Å². The first kappa shape index (κ1) is 40.1. The summed E-state index contributed by atoms with van der Waals surface area (Å²) in [6.45, 7) is 12.0. The monoisotopic (exact) mass is 802 g/mol. The fourth-order valence-corrected chi connectivity index (χ4v) is 18.8. The molecule has 3 fully saturated rings. The van der Waals surface area contributed by atoms with E-state index < -0.39 is 15.8 Å². The van der Waals surface area contributed by atoms with Crippen molar-refractivity contribution in [2.75, 3.05) is 18.9 Å². The molecule has 1 spiro atoms. The van der Waals surface area contributed by atoms with Gasteiger partial charge in [-0.2, -0.15) is 0 Å². The van der Waals surface area contributed by atoms with E-state index in [1.165, 1.54) is 67.0 Å². The molecule has 2 unspecified atom stereocenters. The average molecular weight is 803 g/mol. The van der Waals surface area contributed by atoms with E-state index in [1.54, 1.807) is 16.2 Å². The number of ether oxygens (including phenoxy) is 1. The highest BCUT2D eigenvalue weighted by Crippen LogP contribution is 2.75.